The Kier molecular flexibility index (Phi) is 7.40. The molecule has 4 nitrogen and oxygen atoms in total. The second kappa shape index (κ2) is 9.56. The fourth-order valence-electron chi connectivity index (χ4n) is 2.93. The molecule has 0 radical (unpaired) electrons. The Morgan fingerprint density at radius 3 is 2.52 bits per heavy atom. The van der Waals surface area contributed by atoms with Crippen LogP contribution in [0.5, 0.6) is 0 Å². The first-order valence-corrected chi connectivity index (χ1v) is 8.95. The molecular weight excluding hydrogens is 288 g/mol. The Balaban J connectivity index is 1.84. The molecule has 1 aliphatic rings. The molecule has 0 aromatic heterocycles. The third-order valence-corrected chi connectivity index (χ3v) is 4.60. The SMILES string of the molecule is CCCC[C@@H](CC)CNC(=O)c1ccc(N2CCOCC2)cc1. The van der Waals surface area contributed by atoms with Crippen LogP contribution in [0.1, 0.15) is 49.9 Å². The molecule has 0 aliphatic carbocycles. The standard InChI is InChI=1S/C19H30N2O2/c1-3-5-6-16(4-2)15-20-19(22)17-7-9-18(10-8-17)21-11-13-23-14-12-21/h7-10,16H,3-6,11-15H2,1-2H3,(H,20,22)/t16-/m1/s1. The molecule has 1 saturated heterocycles. The lowest BCUT2D eigenvalue weighted by Gasteiger charge is -2.28. The zero-order chi connectivity index (χ0) is 16.5. The summed E-state index contributed by atoms with van der Waals surface area (Å²) in [5, 5.41) is 3.09. The Bertz CT molecular complexity index is 467. The van der Waals surface area contributed by atoms with Crippen molar-refractivity contribution in [2.75, 3.05) is 37.7 Å². The van der Waals surface area contributed by atoms with Crippen molar-refractivity contribution in [3.05, 3.63) is 29.8 Å². The second-order valence-electron chi connectivity index (χ2n) is 6.27. The summed E-state index contributed by atoms with van der Waals surface area (Å²) in [6.45, 7) is 8.57. The Morgan fingerprint density at radius 1 is 1.22 bits per heavy atom. The Labute approximate surface area is 140 Å². The first kappa shape index (κ1) is 17.8. The van der Waals surface area contributed by atoms with Crippen molar-refractivity contribution >= 4 is 11.6 Å². The average molecular weight is 318 g/mol. The molecule has 1 N–H and O–H groups in total. The number of carbonyl (C=O) groups is 1. The molecule has 1 aromatic rings. The molecule has 2 rings (SSSR count). The molecule has 0 saturated carbocycles. The van der Waals surface area contributed by atoms with Gasteiger partial charge in [-0.3, -0.25) is 4.79 Å². The minimum absolute atomic E-state index is 0.0356. The van der Waals surface area contributed by atoms with Crippen molar-refractivity contribution in [3.63, 3.8) is 0 Å². The van der Waals surface area contributed by atoms with E-state index in [1.165, 1.54) is 24.9 Å². The summed E-state index contributed by atoms with van der Waals surface area (Å²) in [6.07, 6.45) is 4.77. The van der Waals surface area contributed by atoms with Crippen LogP contribution in [0.3, 0.4) is 0 Å². The largest absolute Gasteiger partial charge is 0.378 e. The molecule has 128 valence electrons. The van der Waals surface area contributed by atoms with Gasteiger partial charge in [-0.1, -0.05) is 33.1 Å². The monoisotopic (exact) mass is 318 g/mol. The fourth-order valence-corrected chi connectivity index (χ4v) is 2.93. The van der Waals surface area contributed by atoms with E-state index in [4.69, 9.17) is 4.74 Å². The minimum atomic E-state index is 0.0356. The second-order valence-corrected chi connectivity index (χ2v) is 6.27. The molecule has 23 heavy (non-hydrogen) atoms. The number of unbranched alkanes of at least 4 members (excludes halogenated alkanes) is 1. The summed E-state index contributed by atoms with van der Waals surface area (Å²) >= 11 is 0. The van der Waals surface area contributed by atoms with Gasteiger partial charge in [0.05, 0.1) is 13.2 Å². The van der Waals surface area contributed by atoms with Crippen molar-refractivity contribution in [2.24, 2.45) is 5.92 Å². The zero-order valence-electron chi connectivity index (χ0n) is 14.5. The number of rotatable bonds is 8. The molecule has 1 amide bonds. The number of benzene rings is 1. The third kappa shape index (κ3) is 5.54. The van der Waals surface area contributed by atoms with Gasteiger partial charge >= 0.3 is 0 Å². The first-order chi connectivity index (χ1) is 11.2. The van der Waals surface area contributed by atoms with Crippen molar-refractivity contribution in [1.82, 2.24) is 5.32 Å². The van der Waals surface area contributed by atoms with Crippen LogP contribution in [0.15, 0.2) is 24.3 Å². The maximum atomic E-state index is 12.3. The highest BCUT2D eigenvalue weighted by atomic mass is 16.5. The van der Waals surface area contributed by atoms with E-state index in [2.05, 4.69) is 24.1 Å². The molecule has 1 aliphatic heterocycles. The molecule has 0 spiro atoms. The molecule has 1 aromatic carbocycles. The number of amides is 1. The maximum Gasteiger partial charge on any atom is 0.251 e. The van der Waals surface area contributed by atoms with E-state index in [-0.39, 0.29) is 5.91 Å². The smallest absolute Gasteiger partial charge is 0.251 e. The van der Waals surface area contributed by atoms with Crippen molar-refractivity contribution in [3.8, 4) is 0 Å². The van der Waals surface area contributed by atoms with Crippen LogP contribution >= 0.6 is 0 Å². The molecule has 1 fully saturated rings. The number of hydrogen-bond donors (Lipinski definition) is 1. The van der Waals surface area contributed by atoms with Crippen LogP contribution in [0.2, 0.25) is 0 Å². The molecule has 4 heteroatoms. The van der Waals surface area contributed by atoms with Gasteiger partial charge in [-0.25, -0.2) is 0 Å². The van der Waals surface area contributed by atoms with E-state index in [1.54, 1.807) is 0 Å². The van der Waals surface area contributed by atoms with E-state index >= 15 is 0 Å². The van der Waals surface area contributed by atoms with Gasteiger partial charge in [-0.15, -0.1) is 0 Å². The van der Waals surface area contributed by atoms with Crippen molar-refractivity contribution in [1.29, 1.82) is 0 Å². The summed E-state index contributed by atoms with van der Waals surface area (Å²) in [7, 11) is 0. The Hall–Kier alpha value is -1.55. The van der Waals surface area contributed by atoms with Crippen LogP contribution < -0.4 is 10.2 Å². The van der Waals surface area contributed by atoms with Crippen LogP contribution in [0.4, 0.5) is 5.69 Å². The molecule has 0 unspecified atom stereocenters. The Morgan fingerprint density at radius 2 is 1.91 bits per heavy atom. The molecule has 1 atom stereocenters. The summed E-state index contributed by atoms with van der Waals surface area (Å²) in [4.78, 5) is 14.6. The summed E-state index contributed by atoms with van der Waals surface area (Å²) < 4.78 is 5.37. The van der Waals surface area contributed by atoms with Gasteiger partial charge in [-0.05, 0) is 36.6 Å². The van der Waals surface area contributed by atoms with Crippen LogP contribution in [-0.2, 0) is 4.74 Å². The van der Waals surface area contributed by atoms with Crippen LogP contribution in [0.25, 0.3) is 0 Å². The normalized spacial score (nSPS) is 16.2. The van der Waals surface area contributed by atoms with E-state index in [0.717, 1.165) is 44.8 Å². The average Bonchev–Trinajstić information content (AvgIpc) is 2.62. The van der Waals surface area contributed by atoms with Gasteiger partial charge in [-0.2, -0.15) is 0 Å². The fraction of sp³-hybridized carbons (Fsp3) is 0.632. The number of carbonyl (C=O) groups excluding carboxylic acids is 1. The summed E-state index contributed by atoms with van der Waals surface area (Å²) in [5.41, 5.74) is 1.91. The number of anilines is 1. The zero-order valence-corrected chi connectivity index (χ0v) is 14.5. The molecule has 1 heterocycles. The van der Waals surface area contributed by atoms with E-state index in [9.17, 15) is 4.79 Å². The first-order valence-electron chi connectivity index (χ1n) is 8.95. The molecular formula is C19H30N2O2. The van der Waals surface area contributed by atoms with Crippen LogP contribution in [0, 0.1) is 5.92 Å². The lowest BCUT2D eigenvalue weighted by Crippen LogP contribution is -2.36. The highest BCUT2D eigenvalue weighted by molar-refractivity contribution is 5.94. The summed E-state index contributed by atoms with van der Waals surface area (Å²) in [6, 6.07) is 7.92. The number of nitrogens with one attached hydrogen (secondary N) is 1. The third-order valence-electron chi connectivity index (χ3n) is 4.60. The lowest BCUT2D eigenvalue weighted by atomic mass is 9.99. The number of morpholine rings is 1. The van der Waals surface area contributed by atoms with Crippen LogP contribution in [-0.4, -0.2) is 38.8 Å². The van der Waals surface area contributed by atoms with Gasteiger partial charge in [0, 0.05) is 30.9 Å². The van der Waals surface area contributed by atoms with Gasteiger partial charge < -0.3 is 15.0 Å². The maximum absolute atomic E-state index is 12.3. The molecule has 0 bridgehead atoms. The van der Waals surface area contributed by atoms with Crippen molar-refractivity contribution in [2.45, 2.75) is 39.5 Å². The quantitative estimate of drug-likeness (QED) is 0.798. The number of ether oxygens (including phenoxy) is 1. The van der Waals surface area contributed by atoms with E-state index < -0.39 is 0 Å². The predicted molar refractivity (Wildman–Crippen MR) is 95.1 cm³/mol. The highest BCUT2D eigenvalue weighted by Crippen LogP contribution is 2.17. The highest BCUT2D eigenvalue weighted by Gasteiger charge is 2.13. The predicted octanol–water partition coefficient (Wildman–Crippen LogP) is 3.47. The van der Waals surface area contributed by atoms with E-state index in [0.29, 0.717) is 5.92 Å². The van der Waals surface area contributed by atoms with Crippen molar-refractivity contribution < 1.29 is 9.53 Å². The van der Waals surface area contributed by atoms with Gasteiger partial charge in [0.1, 0.15) is 0 Å². The van der Waals surface area contributed by atoms with Gasteiger partial charge in [0.2, 0.25) is 0 Å². The summed E-state index contributed by atoms with van der Waals surface area (Å²) in [5.74, 6) is 0.625. The number of hydrogen-bond acceptors (Lipinski definition) is 3. The lowest BCUT2D eigenvalue weighted by molar-refractivity contribution is 0.0945. The van der Waals surface area contributed by atoms with E-state index in [1.807, 2.05) is 24.3 Å². The minimum Gasteiger partial charge on any atom is -0.378 e. The van der Waals surface area contributed by atoms with Gasteiger partial charge in [0.15, 0.2) is 0 Å². The topological polar surface area (TPSA) is 41.6 Å². The van der Waals surface area contributed by atoms with Gasteiger partial charge in [0.25, 0.3) is 5.91 Å². The number of nitrogens with zero attached hydrogens (tertiary/aromatic N) is 1.